The van der Waals surface area contributed by atoms with Crippen molar-refractivity contribution in [2.75, 3.05) is 25.5 Å². The molecule has 1 heterocycles. The third kappa shape index (κ3) is 5.80. The van der Waals surface area contributed by atoms with Crippen molar-refractivity contribution in [3.8, 4) is 5.75 Å². The molecular weight excluding hydrogens is 426 g/mol. The summed E-state index contributed by atoms with van der Waals surface area (Å²) < 4.78 is 59.2. The van der Waals surface area contributed by atoms with Gasteiger partial charge in [-0.15, -0.1) is 0 Å². The number of nitrogens with one attached hydrogen (secondary N) is 1. The van der Waals surface area contributed by atoms with Crippen LogP contribution in [0.3, 0.4) is 0 Å². The van der Waals surface area contributed by atoms with Crippen molar-refractivity contribution in [2.24, 2.45) is 0 Å². The number of hydrogen-bond acceptors (Lipinski definition) is 4. The van der Waals surface area contributed by atoms with Crippen LogP contribution in [0, 0.1) is 11.6 Å². The number of halogens is 2. The van der Waals surface area contributed by atoms with Gasteiger partial charge in [0.2, 0.25) is 15.9 Å². The highest BCUT2D eigenvalue weighted by Gasteiger charge is 2.26. The molecule has 1 N–H and O–H groups in total. The highest BCUT2D eigenvalue weighted by molar-refractivity contribution is 7.89. The molecule has 1 amide bonds. The van der Waals surface area contributed by atoms with Gasteiger partial charge in [-0.25, -0.2) is 17.2 Å². The third-order valence-electron chi connectivity index (χ3n) is 5.27. The van der Waals surface area contributed by atoms with Crippen LogP contribution in [0.4, 0.5) is 14.5 Å². The second-order valence-corrected chi connectivity index (χ2v) is 9.41. The normalized spacial score (nSPS) is 15.3. The van der Waals surface area contributed by atoms with Gasteiger partial charge in [0.15, 0.2) is 11.6 Å². The van der Waals surface area contributed by atoms with Gasteiger partial charge in [-0.05, 0) is 55.2 Å². The molecule has 31 heavy (non-hydrogen) atoms. The second kappa shape index (κ2) is 10.2. The molecule has 6 nitrogen and oxygen atoms in total. The Morgan fingerprint density at radius 2 is 1.74 bits per heavy atom. The van der Waals surface area contributed by atoms with E-state index < -0.39 is 27.6 Å². The minimum atomic E-state index is -3.68. The molecule has 0 radical (unpaired) electrons. The third-order valence-corrected chi connectivity index (χ3v) is 7.17. The molecule has 1 aliphatic heterocycles. The fourth-order valence-corrected chi connectivity index (χ4v) is 5.09. The van der Waals surface area contributed by atoms with Gasteiger partial charge in [0.1, 0.15) is 5.75 Å². The van der Waals surface area contributed by atoms with Crippen molar-refractivity contribution in [1.82, 2.24) is 4.31 Å². The standard InChI is InChI=1S/C22H26F2N2O4S/c1-30-21-10-8-17(31(28,29)26-12-4-2-3-5-13-26)15-20(21)25-22(27)11-7-16-6-9-18(23)19(24)14-16/h6,8-10,14-15H,2-5,7,11-13H2,1H3,(H,25,27). The Kier molecular flexibility index (Phi) is 7.61. The summed E-state index contributed by atoms with van der Waals surface area (Å²) in [6, 6.07) is 7.86. The van der Waals surface area contributed by atoms with E-state index in [1.165, 1.54) is 35.7 Å². The molecule has 0 unspecified atom stereocenters. The van der Waals surface area contributed by atoms with Gasteiger partial charge in [0, 0.05) is 19.5 Å². The van der Waals surface area contributed by atoms with E-state index in [4.69, 9.17) is 4.74 Å². The number of anilines is 1. The summed E-state index contributed by atoms with van der Waals surface area (Å²) in [5, 5.41) is 2.67. The number of hydrogen-bond donors (Lipinski definition) is 1. The largest absolute Gasteiger partial charge is 0.495 e. The Bertz CT molecular complexity index is 1040. The SMILES string of the molecule is COc1ccc(S(=O)(=O)N2CCCCCC2)cc1NC(=O)CCc1ccc(F)c(F)c1. The number of sulfonamides is 1. The number of ether oxygens (including phenoxy) is 1. The summed E-state index contributed by atoms with van der Waals surface area (Å²) in [4.78, 5) is 12.5. The van der Waals surface area contributed by atoms with E-state index >= 15 is 0 Å². The van der Waals surface area contributed by atoms with Gasteiger partial charge < -0.3 is 10.1 Å². The highest BCUT2D eigenvalue weighted by Crippen LogP contribution is 2.30. The van der Waals surface area contributed by atoms with E-state index in [0.717, 1.165) is 37.8 Å². The first-order chi connectivity index (χ1) is 14.8. The zero-order valence-corrected chi connectivity index (χ0v) is 18.2. The Balaban J connectivity index is 1.73. The number of rotatable bonds is 7. The molecule has 0 bridgehead atoms. The number of nitrogens with zero attached hydrogens (tertiary/aromatic N) is 1. The second-order valence-electron chi connectivity index (χ2n) is 7.48. The summed E-state index contributed by atoms with van der Waals surface area (Å²) >= 11 is 0. The molecule has 0 atom stereocenters. The minimum Gasteiger partial charge on any atom is -0.495 e. The first kappa shape index (κ1) is 23.1. The summed E-state index contributed by atoms with van der Waals surface area (Å²) in [7, 11) is -2.26. The molecule has 1 saturated heterocycles. The predicted molar refractivity (Wildman–Crippen MR) is 114 cm³/mol. The lowest BCUT2D eigenvalue weighted by molar-refractivity contribution is -0.116. The molecule has 3 rings (SSSR count). The Labute approximate surface area is 181 Å². The van der Waals surface area contributed by atoms with Crippen molar-refractivity contribution in [3.63, 3.8) is 0 Å². The zero-order valence-electron chi connectivity index (χ0n) is 17.4. The molecule has 0 spiro atoms. The molecule has 0 aromatic heterocycles. The molecule has 1 aliphatic rings. The molecule has 0 saturated carbocycles. The summed E-state index contributed by atoms with van der Waals surface area (Å²) in [5.41, 5.74) is 0.729. The van der Waals surface area contributed by atoms with Crippen LogP contribution in [0.2, 0.25) is 0 Å². The Morgan fingerprint density at radius 3 is 2.39 bits per heavy atom. The van der Waals surface area contributed by atoms with Gasteiger partial charge in [-0.3, -0.25) is 4.79 Å². The number of carbonyl (C=O) groups excluding carboxylic acids is 1. The van der Waals surface area contributed by atoms with E-state index in [-0.39, 0.29) is 23.4 Å². The minimum absolute atomic E-state index is 0.0112. The first-order valence-electron chi connectivity index (χ1n) is 10.2. The number of methoxy groups -OCH3 is 1. The average Bonchev–Trinajstić information content (AvgIpc) is 3.05. The summed E-state index contributed by atoms with van der Waals surface area (Å²) in [6.07, 6.45) is 3.88. The molecule has 1 fully saturated rings. The predicted octanol–water partition coefficient (Wildman–Crippen LogP) is 4.11. The van der Waals surface area contributed by atoms with Crippen LogP contribution in [0.15, 0.2) is 41.3 Å². The van der Waals surface area contributed by atoms with E-state index in [2.05, 4.69) is 5.32 Å². The van der Waals surface area contributed by atoms with Crippen LogP contribution < -0.4 is 10.1 Å². The van der Waals surface area contributed by atoms with Crippen LogP contribution in [-0.2, 0) is 21.2 Å². The van der Waals surface area contributed by atoms with Crippen molar-refractivity contribution >= 4 is 21.6 Å². The van der Waals surface area contributed by atoms with Gasteiger partial charge in [0.25, 0.3) is 0 Å². The lowest BCUT2D eigenvalue weighted by Gasteiger charge is -2.21. The fraction of sp³-hybridized carbons (Fsp3) is 0.409. The quantitative estimate of drug-likeness (QED) is 0.686. The number of amides is 1. The molecule has 0 aliphatic carbocycles. The molecule has 2 aromatic rings. The molecule has 9 heteroatoms. The average molecular weight is 453 g/mol. The lowest BCUT2D eigenvalue weighted by atomic mass is 10.1. The number of carbonyl (C=O) groups is 1. The summed E-state index contributed by atoms with van der Waals surface area (Å²) in [6.45, 7) is 0.953. The maximum absolute atomic E-state index is 13.3. The lowest BCUT2D eigenvalue weighted by Crippen LogP contribution is -2.32. The van der Waals surface area contributed by atoms with Crippen LogP contribution in [-0.4, -0.2) is 38.8 Å². The number of benzene rings is 2. The Morgan fingerprint density at radius 1 is 1.03 bits per heavy atom. The van der Waals surface area contributed by atoms with Crippen molar-refractivity contribution in [1.29, 1.82) is 0 Å². The Hall–Kier alpha value is -2.52. The highest BCUT2D eigenvalue weighted by atomic mass is 32.2. The van der Waals surface area contributed by atoms with E-state index in [0.29, 0.717) is 24.4 Å². The topological polar surface area (TPSA) is 75.7 Å². The van der Waals surface area contributed by atoms with Crippen molar-refractivity contribution in [3.05, 3.63) is 53.6 Å². The summed E-state index contributed by atoms with van der Waals surface area (Å²) in [5.74, 6) is -1.98. The van der Waals surface area contributed by atoms with E-state index in [1.807, 2.05) is 0 Å². The zero-order chi connectivity index (χ0) is 22.4. The van der Waals surface area contributed by atoms with Gasteiger partial charge >= 0.3 is 0 Å². The van der Waals surface area contributed by atoms with Crippen molar-refractivity contribution < 1.29 is 26.7 Å². The van der Waals surface area contributed by atoms with Crippen molar-refractivity contribution in [2.45, 2.75) is 43.4 Å². The van der Waals surface area contributed by atoms with E-state index in [9.17, 15) is 22.0 Å². The fourth-order valence-electron chi connectivity index (χ4n) is 3.54. The van der Waals surface area contributed by atoms with Gasteiger partial charge in [-0.2, -0.15) is 4.31 Å². The molecule has 168 valence electrons. The monoisotopic (exact) mass is 452 g/mol. The maximum Gasteiger partial charge on any atom is 0.243 e. The van der Waals surface area contributed by atoms with Crippen LogP contribution in [0.1, 0.15) is 37.7 Å². The van der Waals surface area contributed by atoms with Crippen LogP contribution in [0.25, 0.3) is 0 Å². The van der Waals surface area contributed by atoms with Gasteiger partial charge in [-0.1, -0.05) is 18.9 Å². The molecule has 2 aromatic carbocycles. The van der Waals surface area contributed by atoms with E-state index in [1.54, 1.807) is 0 Å². The maximum atomic E-state index is 13.3. The molecular formula is C22H26F2N2O4S. The first-order valence-corrected chi connectivity index (χ1v) is 11.7. The number of aryl methyl sites for hydroxylation is 1. The van der Waals surface area contributed by atoms with Crippen LogP contribution >= 0.6 is 0 Å². The van der Waals surface area contributed by atoms with Gasteiger partial charge in [0.05, 0.1) is 17.7 Å². The smallest absolute Gasteiger partial charge is 0.243 e. The van der Waals surface area contributed by atoms with Crippen LogP contribution in [0.5, 0.6) is 5.75 Å².